The van der Waals surface area contributed by atoms with Crippen LogP contribution >= 0.6 is 0 Å². The minimum Gasteiger partial charge on any atom is -0.379 e. The summed E-state index contributed by atoms with van der Waals surface area (Å²) in [6, 6.07) is 0.450. The minimum absolute atomic E-state index is 0.00507. The van der Waals surface area contributed by atoms with Crippen LogP contribution in [-0.4, -0.2) is 75.8 Å². The number of aliphatic imine (C=N–C) groups is 1. The third-order valence-electron chi connectivity index (χ3n) is 4.80. The van der Waals surface area contributed by atoms with Crippen LogP contribution < -0.4 is 16.0 Å². The van der Waals surface area contributed by atoms with Crippen molar-refractivity contribution in [1.29, 1.82) is 0 Å². The molecule has 1 atom stereocenters. The fourth-order valence-electron chi connectivity index (χ4n) is 3.25. The van der Waals surface area contributed by atoms with Gasteiger partial charge in [0.15, 0.2) is 5.96 Å². The van der Waals surface area contributed by atoms with Gasteiger partial charge in [-0.1, -0.05) is 33.6 Å². The molecule has 0 aromatic heterocycles. The van der Waals surface area contributed by atoms with Gasteiger partial charge in [0.25, 0.3) is 0 Å². The van der Waals surface area contributed by atoms with Crippen LogP contribution in [0.25, 0.3) is 0 Å². The Hall–Kier alpha value is -1.34. The molecule has 7 nitrogen and oxygen atoms in total. The topological polar surface area (TPSA) is 78.0 Å². The number of guanidine groups is 1. The molecular formula is C18H37N5O2. The van der Waals surface area contributed by atoms with E-state index in [2.05, 4.69) is 39.7 Å². The molecule has 0 spiro atoms. The number of hydrogen-bond donors (Lipinski definition) is 3. The lowest BCUT2D eigenvalue weighted by molar-refractivity contribution is -0.120. The molecule has 7 heteroatoms. The maximum absolute atomic E-state index is 11.7. The molecule has 0 bridgehead atoms. The quantitative estimate of drug-likeness (QED) is 0.399. The van der Waals surface area contributed by atoms with E-state index >= 15 is 0 Å². The normalized spacial score (nSPS) is 17.4. The van der Waals surface area contributed by atoms with Gasteiger partial charge in [-0.2, -0.15) is 0 Å². The molecule has 1 amide bonds. The molecule has 0 saturated carbocycles. The number of ether oxygens (including phenoxy) is 1. The van der Waals surface area contributed by atoms with Crippen molar-refractivity contribution in [2.45, 2.75) is 46.1 Å². The van der Waals surface area contributed by atoms with E-state index in [0.29, 0.717) is 24.5 Å². The van der Waals surface area contributed by atoms with E-state index in [1.165, 1.54) is 0 Å². The van der Waals surface area contributed by atoms with Crippen molar-refractivity contribution in [3.8, 4) is 0 Å². The molecular weight excluding hydrogens is 318 g/mol. The van der Waals surface area contributed by atoms with E-state index in [-0.39, 0.29) is 12.5 Å². The van der Waals surface area contributed by atoms with Gasteiger partial charge in [0.1, 0.15) is 0 Å². The average molecular weight is 356 g/mol. The second-order valence-corrected chi connectivity index (χ2v) is 6.45. The fraction of sp³-hybridized carbons (Fsp3) is 0.889. The van der Waals surface area contributed by atoms with Crippen LogP contribution in [0.4, 0.5) is 0 Å². The highest BCUT2D eigenvalue weighted by Crippen LogP contribution is 2.19. The van der Waals surface area contributed by atoms with E-state index in [9.17, 15) is 4.79 Å². The number of amides is 1. The molecule has 0 aliphatic carbocycles. The van der Waals surface area contributed by atoms with Crippen molar-refractivity contribution in [3.05, 3.63) is 0 Å². The molecule has 1 saturated heterocycles. The number of nitrogens with one attached hydrogen (secondary N) is 3. The van der Waals surface area contributed by atoms with E-state index in [4.69, 9.17) is 4.74 Å². The third-order valence-corrected chi connectivity index (χ3v) is 4.80. The lowest BCUT2D eigenvalue weighted by Crippen LogP contribution is -2.54. The molecule has 146 valence electrons. The van der Waals surface area contributed by atoms with Gasteiger partial charge in [-0.25, -0.2) is 0 Å². The van der Waals surface area contributed by atoms with Crippen LogP contribution in [0.5, 0.6) is 0 Å². The zero-order valence-electron chi connectivity index (χ0n) is 16.4. The largest absolute Gasteiger partial charge is 0.379 e. The number of carbonyl (C=O) groups excluding carboxylic acids is 1. The molecule has 0 aromatic rings. The lowest BCUT2D eigenvalue weighted by Gasteiger charge is -2.39. The van der Waals surface area contributed by atoms with Crippen molar-refractivity contribution < 1.29 is 9.53 Å². The number of hydrogen-bond acceptors (Lipinski definition) is 4. The Morgan fingerprint density at radius 2 is 1.80 bits per heavy atom. The summed E-state index contributed by atoms with van der Waals surface area (Å²) in [6.45, 7) is 11.9. The fourth-order valence-corrected chi connectivity index (χ4v) is 3.25. The predicted octanol–water partition coefficient (Wildman–Crippen LogP) is 0.815. The summed E-state index contributed by atoms with van der Waals surface area (Å²) >= 11 is 0. The zero-order valence-corrected chi connectivity index (χ0v) is 16.4. The van der Waals surface area contributed by atoms with Crippen LogP contribution in [0, 0.1) is 5.92 Å². The predicted molar refractivity (Wildman–Crippen MR) is 103 cm³/mol. The monoisotopic (exact) mass is 355 g/mol. The van der Waals surface area contributed by atoms with Gasteiger partial charge in [-0.3, -0.25) is 14.7 Å². The first-order chi connectivity index (χ1) is 12.2. The van der Waals surface area contributed by atoms with Gasteiger partial charge >= 0.3 is 0 Å². The van der Waals surface area contributed by atoms with E-state index < -0.39 is 0 Å². The molecule has 1 rings (SSSR count). The summed E-state index contributed by atoms with van der Waals surface area (Å²) in [5.74, 6) is 1.31. The first-order valence-corrected chi connectivity index (χ1v) is 9.69. The summed E-state index contributed by atoms with van der Waals surface area (Å²) in [5.41, 5.74) is 0. The molecule has 1 fully saturated rings. The maximum Gasteiger partial charge on any atom is 0.239 e. The van der Waals surface area contributed by atoms with Crippen molar-refractivity contribution >= 4 is 11.9 Å². The SMILES string of the molecule is CCCNC(=O)CNC(=NC)NCC(C(CC)CC)N1CCOCC1. The molecule has 0 aromatic carbocycles. The standard InChI is InChI=1S/C18H37N5O2/c1-5-8-20-17(24)14-22-18(19-4)21-13-16(15(6-2)7-3)23-9-11-25-12-10-23/h15-16H,5-14H2,1-4H3,(H,20,24)(H2,19,21,22). The van der Waals surface area contributed by atoms with Gasteiger partial charge in [0.2, 0.25) is 5.91 Å². The molecule has 1 unspecified atom stereocenters. The molecule has 1 aliphatic heterocycles. The highest BCUT2D eigenvalue weighted by molar-refractivity contribution is 5.86. The van der Waals surface area contributed by atoms with Gasteiger partial charge in [0, 0.05) is 39.3 Å². The van der Waals surface area contributed by atoms with E-state index in [1.807, 2.05) is 6.92 Å². The third kappa shape index (κ3) is 8.05. The van der Waals surface area contributed by atoms with Crippen molar-refractivity contribution in [2.24, 2.45) is 10.9 Å². The van der Waals surface area contributed by atoms with Gasteiger partial charge in [-0.05, 0) is 12.3 Å². The summed E-state index contributed by atoms with van der Waals surface area (Å²) in [6.07, 6.45) is 3.26. The first kappa shape index (κ1) is 21.7. The highest BCUT2D eigenvalue weighted by Gasteiger charge is 2.27. The van der Waals surface area contributed by atoms with Crippen LogP contribution in [0.15, 0.2) is 4.99 Å². The smallest absolute Gasteiger partial charge is 0.239 e. The Labute approximate surface area is 153 Å². The van der Waals surface area contributed by atoms with E-state index in [1.54, 1.807) is 7.05 Å². The Bertz CT molecular complexity index is 393. The molecule has 3 N–H and O–H groups in total. The average Bonchev–Trinajstić information content (AvgIpc) is 2.66. The Balaban J connectivity index is 2.53. The Morgan fingerprint density at radius 3 is 2.36 bits per heavy atom. The van der Waals surface area contributed by atoms with Gasteiger partial charge in [-0.15, -0.1) is 0 Å². The second-order valence-electron chi connectivity index (χ2n) is 6.45. The molecule has 1 aliphatic rings. The minimum atomic E-state index is -0.00507. The Kier molecular flexibility index (Phi) is 11.2. The maximum atomic E-state index is 11.7. The lowest BCUT2D eigenvalue weighted by atomic mass is 9.92. The summed E-state index contributed by atoms with van der Waals surface area (Å²) < 4.78 is 5.50. The van der Waals surface area contributed by atoms with Crippen LogP contribution in [0.2, 0.25) is 0 Å². The molecule has 0 radical (unpaired) electrons. The van der Waals surface area contributed by atoms with Crippen molar-refractivity contribution in [3.63, 3.8) is 0 Å². The second kappa shape index (κ2) is 12.9. The van der Waals surface area contributed by atoms with Crippen molar-refractivity contribution in [1.82, 2.24) is 20.9 Å². The number of carbonyl (C=O) groups is 1. The molecule has 25 heavy (non-hydrogen) atoms. The van der Waals surface area contributed by atoms with Crippen molar-refractivity contribution in [2.75, 3.05) is 53.0 Å². The summed E-state index contributed by atoms with van der Waals surface area (Å²) in [7, 11) is 1.74. The van der Waals surface area contributed by atoms with Gasteiger partial charge in [0.05, 0.1) is 19.8 Å². The number of morpholine rings is 1. The van der Waals surface area contributed by atoms with Crippen LogP contribution in [-0.2, 0) is 9.53 Å². The summed E-state index contributed by atoms with van der Waals surface area (Å²) in [4.78, 5) is 18.5. The van der Waals surface area contributed by atoms with Crippen LogP contribution in [0.3, 0.4) is 0 Å². The first-order valence-electron chi connectivity index (χ1n) is 9.69. The zero-order chi connectivity index (χ0) is 18.5. The Morgan fingerprint density at radius 1 is 1.12 bits per heavy atom. The van der Waals surface area contributed by atoms with Crippen LogP contribution in [0.1, 0.15) is 40.0 Å². The highest BCUT2D eigenvalue weighted by atomic mass is 16.5. The number of rotatable bonds is 10. The number of nitrogens with zero attached hydrogens (tertiary/aromatic N) is 2. The van der Waals surface area contributed by atoms with E-state index in [0.717, 1.165) is 52.1 Å². The molecule has 1 heterocycles. The van der Waals surface area contributed by atoms with Gasteiger partial charge < -0.3 is 20.7 Å². The summed E-state index contributed by atoms with van der Waals surface area (Å²) in [5, 5.41) is 9.36.